The average molecular weight is 526 g/mol. The first-order chi connectivity index (χ1) is 13.1. The maximum absolute atomic E-state index is 5.92. The van der Waals surface area contributed by atoms with Gasteiger partial charge < -0.3 is 24.4 Å². The third-order valence-corrected chi connectivity index (χ3v) is 4.75. The fraction of sp³-hybridized carbons (Fsp3) is 0.650. The number of benzene rings is 1. The summed E-state index contributed by atoms with van der Waals surface area (Å²) >= 11 is 5.90. The van der Waals surface area contributed by atoms with Gasteiger partial charge in [0.1, 0.15) is 11.9 Å². The van der Waals surface area contributed by atoms with Gasteiger partial charge in [-0.1, -0.05) is 11.6 Å². The number of hydrogen-bond donors (Lipinski definition) is 1. The number of nitrogens with one attached hydrogen (secondary N) is 1. The molecule has 6 nitrogen and oxygen atoms in total. The Kier molecular flexibility index (Phi) is 12.9. The van der Waals surface area contributed by atoms with Crippen LogP contribution in [-0.4, -0.2) is 70.1 Å². The van der Waals surface area contributed by atoms with E-state index in [4.69, 9.17) is 25.8 Å². The van der Waals surface area contributed by atoms with Gasteiger partial charge >= 0.3 is 0 Å². The predicted octanol–water partition coefficient (Wildman–Crippen LogP) is 3.82. The number of methoxy groups -OCH3 is 1. The van der Waals surface area contributed by atoms with E-state index < -0.39 is 0 Å². The Balaban J connectivity index is 0.00000392. The summed E-state index contributed by atoms with van der Waals surface area (Å²) in [6, 6.07) is 7.42. The number of ether oxygens (including phenoxy) is 3. The van der Waals surface area contributed by atoms with Gasteiger partial charge in [0.05, 0.1) is 12.6 Å². The van der Waals surface area contributed by atoms with Crippen LogP contribution in [0.3, 0.4) is 0 Å². The first-order valence-electron chi connectivity index (χ1n) is 9.60. The second-order valence-corrected chi connectivity index (χ2v) is 7.15. The first-order valence-corrected chi connectivity index (χ1v) is 9.98. The van der Waals surface area contributed by atoms with Gasteiger partial charge in [0, 0.05) is 45.5 Å². The van der Waals surface area contributed by atoms with Crippen LogP contribution in [0.2, 0.25) is 5.02 Å². The van der Waals surface area contributed by atoms with E-state index in [-0.39, 0.29) is 30.1 Å². The van der Waals surface area contributed by atoms with E-state index >= 15 is 0 Å². The van der Waals surface area contributed by atoms with Crippen molar-refractivity contribution in [3.63, 3.8) is 0 Å². The van der Waals surface area contributed by atoms with Crippen molar-refractivity contribution in [2.24, 2.45) is 4.99 Å². The van der Waals surface area contributed by atoms with Crippen molar-refractivity contribution < 1.29 is 14.2 Å². The number of piperidine rings is 1. The zero-order valence-corrected chi connectivity index (χ0v) is 20.1. The van der Waals surface area contributed by atoms with Crippen molar-refractivity contribution in [2.75, 3.05) is 47.0 Å². The fourth-order valence-corrected chi connectivity index (χ4v) is 3.17. The molecule has 1 atom stereocenters. The summed E-state index contributed by atoms with van der Waals surface area (Å²) in [7, 11) is 3.54. The Morgan fingerprint density at radius 1 is 1.25 bits per heavy atom. The van der Waals surface area contributed by atoms with Crippen LogP contribution in [0.4, 0.5) is 0 Å². The summed E-state index contributed by atoms with van der Waals surface area (Å²) < 4.78 is 16.9. The molecule has 0 saturated carbocycles. The number of rotatable bonds is 9. The van der Waals surface area contributed by atoms with Crippen LogP contribution in [0.15, 0.2) is 29.3 Å². The van der Waals surface area contributed by atoms with Gasteiger partial charge in [-0.25, -0.2) is 0 Å². The van der Waals surface area contributed by atoms with Gasteiger partial charge in [-0.3, -0.25) is 4.99 Å². The summed E-state index contributed by atoms with van der Waals surface area (Å²) in [6.45, 7) is 6.14. The molecule has 1 aliphatic heterocycles. The number of likely N-dealkylation sites (tertiary alicyclic amines) is 1. The lowest BCUT2D eigenvalue weighted by atomic mass is 10.1. The largest absolute Gasteiger partial charge is 0.489 e. The zero-order chi connectivity index (χ0) is 19.5. The summed E-state index contributed by atoms with van der Waals surface area (Å²) in [6.07, 6.45) is 3.34. The Morgan fingerprint density at radius 2 is 1.93 bits per heavy atom. The third-order valence-electron chi connectivity index (χ3n) is 4.50. The molecule has 0 aliphatic carbocycles. The summed E-state index contributed by atoms with van der Waals surface area (Å²) in [5, 5.41) is 4.12. The highest BCUT2D eigenvalue weighted by molar-refractivity contribution is 14.0. The van der Waals surface area contributed by atoms with Crippen LogP contribution in [0.1, 0.15) is 26.2 Å². The number of nitrogens with zero attached hydrogens (tertiary/aromatic N) is 2. The lowest BCUT2D eigenvalue weighted by molar-refractivity contribution is 0.00984. The lowest BCUT2D eigenvalue weighted by Crippen LogP contribution is -2.48. The molecule has 28 heavy (non-hydrogen) atoms. The van der Waals surface area contributed by atoms with E-state index in [0.717, 1.165) is 57.3 Å². The van der Waals surface area contributed by atoms with Crippen LogP contribution in [-0.2, 0) is 9.47 Å². The quantitative estimate of drug-likeness (QED) is 0.230. The highest BCUT2D eigenvalue weighted by atomic mass is 127. The number of guanidine groups is 1. The molecular formula is C20H33ClIN3O3. The van der Waals surface area contributed by atoms with Crippen molar-refractivity contribution in [2.45, 2.75) is 38.4 Å². The van der Waals surface area contributed by atoms with E-state index in [1.54, 1.807) is 7.11 Å². The minimum absolute atomic E-state index is 0. The summed E-state index contributed by atoms with van der Waals surface area (Å²) in [4.78, 5) is 6.70. The van der Waals surface area contributed by atoms with Crippen molar-refractivity contribution in [1.82, 2.24) is 10.2 Å². The topological polar surface area (TPSA) is 55.3 Å². The van der Waals surface area contributed by atoms with E-state index in [1.165, 1.54) is 0 Å². The molecule has 0 bridgehead atoms. The van der Waals surface area contributed by atoms with Crippen LogP contribution < -0.4 is 10.1 Å². The molecule has 0 spiro atoms. The second kappa shape index (κ2) is 14.3. The molecule has 8 heteroatoms. The molecule has 160 valence electrons. The van der Waals surface area contributed by atoms with Crippen LogP contribution in [0.25, 0.3) is 0 Å². The molecule has 0 amide bonds. The Hall–Kier alpha value is -0.770. The molecule has 2 rings (SSSR count). The smallest absolute Gasteiger partial charge is 0.193 e. The number of aliphatic imine (C=N–C) groups is 1. The Morgan fingerprint density at radius 3 is 2.54 bits per heavy atom. The molecule has 1 aromatic rings. The predicted molar refractivity (Wildman–Crippen MR) is 125 cm³/mol. The minimum atomic E-state index is 0. The summed E-state index contributed by atoms with van der Waals surface area (Å²) in [5.74, 6) is 1.73. The normalized spacial score (nSPS) is 16.4. The third kappa shape index (κ3) is 9.15. The van der Waals surface area contributed by atoms with Crippen LogP contribution >= 0.6 is 35.6 Å². The van der Waals surface area contributed by atoms with Crippen molar-refractivity contribution in [3.05, 3.63) is 29.3 Å². The average Bonchev–Trinajstić information content (AvgIpc) is 2.68. The van der Waals surface area contributed by atoms with E-state index in [2.05, 4.69) is 15.2 Å². The standard InChI is InChI=1S/C20H32ClN3O3.HI/c1-16(27-19-7-5-17(21)6-8-19)15-23-20(22-2)24-11-9-18(10-12-24)26-14-4-13-25-3;/h5-8,16,18H,4,9-15H2,1-3H3,(H,22,23);1H. The van der Waals surface area contributed by atoms with Gasteiger partial charge in [-0.2, -0.15) is 0 Å². The monoisotopic (exact) mass is 525 g/mol. The van der Waals surface area contributed by atoms with Gasteiger partial charge in [0.2, 0.25) is 0 Å². The van der Waals surface area contributed by atoms with Gasteiger partial charge in [-0.05, 0) is 50.5 Å². The molecule has 1 fully saturated rings. The molecule has 1 saturated heterocycles. The molecule has 0 aromatic heterocycles. The van der Waals surface area contributed by atoms with Gasteiger partial charge in [0.15, 0.2) is 5.96 Å². The first kappa shape index (κ1) is 25.3. The molecule has 1 aromatic carbocycles. The molecule has 1 unspecified atom stereocenters. The molecule has 1 N–H and O–H groups in total. The van der Waals surface area contributed by atoms with Crippen molar-refractivity contribution >= 4 is 41.5 Å². The molecule has 0 radical (unpaired) electrons. The van der Waals surface area contributed by atoms with Crippen molar-refractivity contribution in [1.29, 1.82) is 0 Å². The zero-order valence-electron chi connectivity index (χ0n) is 17.0. The molecule has 1 aliphatic rings. The Labute approximate surface area is 191 Å². The molecular weight excluding hydrogens is 493 g/mol. The maximum atomic E-state index is 5.92. The fourth-order valence-electron chi connectivity index (χ4n) is 3.04. The highest BCUT2D eigenvalue weighted by Crippen LogP contribution is 2.17. The highest BCUT2D eigenvalue weighted by Gasteiger charge is 2.22. The maximum Gasteiger partial charge on any atom is 0.193 e. The number of halogens is 2. The number of hydrogen-bond acceptors (Lipinski definition) is 4. The van der Waals surface area contributed by atoms with Gasteiger partial charge in [0.25, 0.3) is 0 Å². The second-order valence-electron chi connectivity index (χ2n) is 6.71. The SMILES string of the molecule is CN=C(NCC(C)Oc1ccc(Cl)cc1)N1CCC(OCCCOC)CC1.I. The summed E-state index contributed by atoms with van der Waals surface area (Å²) in [5.41, 5.74) is 0. The Bertz CT molecular complexity index is 566. The minimum Gasteiger partial charge on any atom is -0.489 e. The lowest BCUT2D eigenvalue weighted by Gasteiger charge is -2.34. The van der Waals surface area contributed by atoms with E-state index in [9.17, 15) is 0 Å². The molecule has 1 heterocycles. The van der Waals surface area contributed by atoms with Crippen molar-refractivity contribution in [3.8, 4) is 5.75 Å². The van der Waals surface area contributed by atoms with Crippen LogP contribution in [0, 0.1) is 0 Å². The van der Waals surface area contributed by atoms with E-state index in [1.807, 2.05) is 38.2 Å². The van der Waals surface area contributed by atoms with Gasteiger partial charge in [-0.15, -0.1) is 24.0 Å². The van der Waals surface area contributed by atoms with E-state index in [0.29, 0.717) is 17.7 Å². The van der Waals surface area contributed by atoms with Crippen LogP contribution in [0.5, 0.6) is 5.75 Å².